The molecule has 2 N–H and O–H groups in total. The lowest BCUT2D eigenvalue weighted by atomic mass is 9.67. The van der Waals surface area contributed by atoms with Crippen LogP contribution in [0.2, 0.25) is 0 Å². The molecule has 160 valence electrons. The number of aliphatic imine (C=N–C) groups is 1. The minimum Gasteiger partial charge on any atom is -0.493 e. The third-order valence-electron chi connectivity index (χ3n) is 5.34. The molecule has 0 radical (unpaired) electrons. The van der Waals surface area contributed by atoms with Crippen molar-refractivity contribution < 1.29 is 18.9 Å². The standard InChI is InChI=1S/C20H33N3O4.HI/c1-21-19(23-14-20(9-6-10-20)11-12-24-2)22-13-15-7-8-16(25-3)18(27-5)17(15)26-4;/h7-8H,6,9-14H2,1-5H3,(H2,21,22,23);1H. The highest BCUT2D eigenvalue weighted by molar-refractivity contribution is 14.0. The van der Waals surface area contributed by atoms with Crippen LogP contribution in [0.5, 0.6) is 17.2 Å². The lowest BCUT2D eigenvalue weighted by Crippen LogP contribution is -2.46. The van der Waals surface area contributed by atoms with Crippen LogP contribution < -0.4 is 24.8 Å². The highest BCUT2D eigenvalue weighted by atomic mass is 127. The third kappa shape index (κ3) is 6.04. The Morgan fingerprint density at radius 3 is 2.25 bits per heavy atom. The Kier molecular flexibility index (Phi) is 10.7. The van der Waals surface area contributed by atoms with Crippen molar-refractivity contribution in [2.45, 2.75) is 32.2 Å². The Morgan fingerprint density at radius 2 is 1.75 bits per heavy atom. The van der Waals surface area contributed by atoms with Crippen molar-refractivity contribution in [2.75, 3.05) is 48.6 Å². The molecule has 1 aromatic rings. The van der Waals surface area contributed by atoms with Gasteiger partial charge in [-0.15, -0.1) is 24.0 Å². The van der Waals surface area contributed by atoms with Crippen molar-refractivity contribution in [1.82, 2.24) is 10.6 Å². The quantitative estimate of drug-likeness (QED) is 0.288. The van der Waals surface area contributed by atoms with Crippen LogP contribution in [-0.2, 0) is 11.3 Å². The van der Waals surface area contributed by atoms with Crippen molar-refractivity contribution >= 4 is 29.9 Å². The maximum atomic E-state index is 5.54. The van der Waals surface area contributed by atoms with Crippen LogP contribution >= 0.6 is 24.0 Å². The minimum absolute atomic E-state index is 0. The fraction of sp³-hybridized carbons (Fsp3) is 0.650. The predicted octanol–water partition coefficient (Wildman–Crippen LogP) is 3.20. The second-order valence-electron chi connectivity index (χ2n) is 6.87. The lowest BCUT2D eigenvalue weighted by molar-refractivity contribution is 0.0732. The van der Waals surface area contributed by atoms with Gasteiger partial charge in [-0.3, -0.25) is 4.99 Å². The topological polar surface area (TPSA) is 73.3 Å². The highest BCUT2D eigenvalue weighted by Crippen LogP contribution is 2.43. The van der Waals surface area contributed by atoms with Gasteiger partial charge in [-0.05, 0) is 36.8 Å². The number of methoxy groups -OCH3 is 4. The fourth-order valence-electron chi connectivity index (χ4n) is 3.48. The molecule has 2 rings (SSSR count). The number of guanidine groups is 1. The first-order valence-corrected chi connectivity index (χ1v) is 9.34. The molecule has 0 spiro atoms. The van der Waals surface area contributed by atoms with Crippen molar-refractivity contribution in [3.63, 3.8) is 0 Å². The monoisotopic (exact) mass is 507 g/mol. The molecule has 0 atom stereocenters. The highest BCUT2D eigenvalue weighted by Gasteiger charge is 2.36. The summed E-state index contributed by atoms with van der Waals surface area (Å²) >= 11 is 0. The fourth-order valence-corrected chi connectivity index (χ4v) is 3.48. The number of halogens is 1. The summed E-state index contributed by atoms with van der Waals surface area (Å²) < 4.78 is 21.6. The van der Waals surface area contributed by atoms with Crippen LogP contribution in [0.15, 0.2) is 17.1 Å². The molecule has 0 saturated heterocycles. The summed E-state index contributed by atoms with van der Waals surface area (Å²) in [6.45, 7) is 2.27. The summed E-state index contributed by atoms with van der Waals surface area (Å²) in [5, 5.41) is 6.82. The van der Waals surface area contributed by atoms with Gasteiger partial charge in [0.05, 0.1) is 21.3 Å². The number of hydrogen-bond acceptors (Lipinski definition) is 5. The largest absolute Gasteiger partial charge is 0.493 e. The predicted molar refractivity (Wildman–Crippen MR) is 122 cm³/mol. The molecule has 0 amide bonds. The second-order valence-corrected chi connectivity index (χ2v) is 6.87. The molecular formula is C20H34IN3O4. The van der Waals surface area contributed by atoms with Crippen LogP contribution in [0.1, 0.15) is 31.2 Å². The Morgan fingerprint density at radius 1 is 1.04 bits per heavy atom. The molecule has 0 bridgehead atoms. The van der Waals surface area contributed by atoms with Gasteiger partial charge < -0.3 is 29.6 Å². The zero-order chi connectivity index (χ0) is 19.7. The molecule has 1 saturated carbocycles. The SMILES string of the molecule is CN=C(NCc1ccc(OC)c(OC)c1OC)NCC1(CCOC)CCC1.I. The molecule has 1 aromatic carbocycles. The maximum Gasteiger partial charge on any atom is 0.203 e. The number of hydrogen-bond donors (Lipinski definition) is 2. The summed E-state index contributed by atoms with van der Waals surface area (Å²) in [5.41, 5.74) is 1.30. The molecule has 7 nitrogen and oxygen atoms in total. The van der Waals surface area contributed by atoms with Crippen LogP contribution in [-0.4, -0.2) is 54.6 Å². The summed E-state index contributed by atoms with van der Waals surface area (Å²) in [6.07, 6.45) is 4.85. The van der Waals surface area contributed by atoms with Gasteiger partial charge in [0.1, 0.15) is 0 Å². The normalized spacial score (nSPS) is 15.1. The molecule has 1 fully saturated rings. The maximum absolute atomic E-state index is 5.54. The van der Waals surface area contributed by atoms with E-state index in [0.29, 0.717) is 29.2 Å². The molecular weight excluding hydrogens is 473 g/mol. The van der Waals surface area contributed by atoms with E-state index in [4.69, 9.17) is 18.9 Å². The van der Waals surface area contributed by atoms with Gasteiger partial charge in [0.2, 0.25) is 5.75 Å². The van der Waals surface area contributed by atoms with Crippen molar-refractivity contribution in [3.8, 4) is 17.2 Å². The van der Waals surface area contributed by atoms with Gasteiger partial charge in [-0.25, -0.2) is 0 Å². The first kappa shape index (κ1) is 24.6. The zero-order valence-corrected chi connectivity index (χ0v) is 19.9. The van der Waals surface area contributed by atoms with Gasteiger partial charge in [0, 0.05) is 39.4 Å². The summed E-state index contributed by atoms with van der Waals surface area (Å²) in [7, 11) is 8.39. The molecule has 1 aliphatic rings. The number of ether oxygens (including phenoxy) is 4. The van der Waals surface area contributed by atoms with Crippen LogP contribution in [0.4, 0.5) is 0 Å². The molecule has 0 aliphatic heterocycles. The van der Waals surface area contributed by atoms with Gasteiger partial charge in [0.25, 0.3) is 0 Å². The van der Waals surface area contributed by atoms with Gasteiger partial charge in [-0.2, -0.15) is 0 Å². The van der Waals surface area contributed by atoms with E-state index in [0.717, 1.165) is 31.1 Å². The van der Waals surface area contributed by atoms with Crippen LogP contribution in [0, 0.1) is 5.41 Å². The van der Waals surface area contributed by atoms with E-state index in [9.17, 15) is 0 Å². The Bertz CT molecular complexity index is 636. The van der Waals surface area contributed by atoms with Crippen molar-refractivity contribution in [1.29, 1.82) is 0 Å². The molecule has 8 heteroatoms. The molecule has 0 heterocycles. The van der Waals surface area contributed by atoms with E-state index in [2.05, 4.69) is 15.6 Å². The molecule has 1 aliphatic carbocycles. The average Bonchev–Trinajstić information content (AvgIpc) is 2.67. The van der Waals surface area contributed by atoms with Crippen LogP contribution in [0.3, 0.4) is 0 Å². The second kappa shape index (κ2) is 12.2. The Hall–Kier alpha value is -1.42. The van der Waals surface area contributed by atoms with E-state index in [1.165, 1.54) is 19.3 Å². The van der Waals surface area contributed by atoms with E-state index in [1.807, 2.05) is 12.1 Å². The average molecular weight is 507 g/mol. The minimum atomic E-state index is 0. The first-order valence-electron chi connectivity index (χ1n) is 9.34. The number of rotatable bonds is 10. The van der Waals surface area contributed by atoms with Gasteiger partial charge in [-0.1, -0.05) is 6.42 Å². The Labute approximate surface area is 185 Å². The van der Waals surface area contributed by atoms with E-state index in [1.54, 1.807) is 35.5 Å². The van der Waals surface area contributed by atoms with E-state index >= 15 is 0 Å². The number of benzene rings is 1. The Balaban J connectivity index is 0.00000392. The lowest BCUT2D eigenvalue weighted by Gasteiger charge is -2.42. The molecule has 0 unspecified atom stereocenters. The van der Waals surface area contributed by atoms with Gasteiger partial charge in [0.15, 0.2) is 17.5 Å². The molecule has 0 aromatic heterocycles. The molecule has 28 heavy (non-hydrogen) atoms. The number of nitrogens with one attached hydrogen (secondary N) is 2. The van der Waals surface area contributed by atoms with Crippen molar-refractivity contribution in [3.05, 3.63) is 17.7 Å². The van der Waals surface area contributed by atoms with Crippen molar-refractivity contribution in [2.24, 2.45) is 10.4 Å². The summed E-state index contributed by atoms with van der Waals surface area (Å²) in [4.78, 5) is 4.34. The zero-order valence-electron chi connectivity index (χ0n) is 17.6. The smallest absolute Gasteiger partial charge is 0.203 e. The summed E-state index contributed by atoms with van der Waals surface area (Å²) in [5.74, 6) is 2.67. The van der Waals surface area contributed by atoms with E-state index < -0.39 is 0 Å². The first-order chi connectivity index (χ1) is 13.1. The van der Waals surface area contributed by atoms with E-state index in [-0.39, 0.29) is 24.0 Å². The third-order valence-corrected chi connectivity index (χ3v) is 5.34. The summed E-state index contributed by atoms with van der Waals surface area (Å²) in [6, 6.07) is 3.84. The van der Waals surface area contributed by atoms with Crippen LogP contribution in [0.25, 0.3) is 0 Å². The van der Waals surface area contributed by atoms with Gasteiger partial charge >= 0.3 is 0 Å². The number of nitrogens with zero attached hydrogens (tertiary/aromatic N) is 1.